The molecule has 3 aromatic heterocycles. The first kappa shape index (κ1) is 11.5. The van der Waals surface area contributed by atoms with Crippen LogP contribution in [0.2, 0.25) is 0 Å². The molecule has 0 saturated heterocycles. The van der Waals surface area contributed by atoms with Gasteiger partial charge in [0.1, 0.15) is 5.65 Å². The Hall–Kier alpha value is -2.63. The summed E-state index contributed by atoms with van der Waals surface area (Å²) in [5.74, 6) is 0.345. The Morgan fingerprint density at radius 3 is 3.16 bits per heavy atom. The van der Waals surface area contributed by atoms with Gasteiger partial charge in [-0.2, -0.15) is 5.10 Å². The van der Waals surface area contributed by atoms with Gasteiger partial charge in [0, 0.05) is 30.4 Å². The van der Waals surface area contributed by atoms with Gasteiger partial charge < -0.3 is 9.72 Å². The van der Waals surface area contributed by atoms with Crippen molar-refractivity contribution in [1.29, 1.82) is 0 Å². The number of nitrogens with one attached hydrogen (secondary N) is 2. The first-order valence-electron chi connectivity index (χ1n) is 6.04. The van der Waals surface area contributed by atoms with Crippen LogP contribution in [0.15, 0.2) is 36.8 Å². The van der Waals surface area contributed by atoms with E-state index in [1.807, 2.05) is 13.0 Å². The molecule has 0 atom stereocenters. The molecule has 0 aliphatic heterocycles. The van der Waals surface area contributed by atoms with Crippen LogP contribution in [-0.2, 0) is 6.42 Å². The van der Waals surface area contributed by atoms with Crippen molar-refractivity contribution in [3.8, 4) is 0 Å². The highest BCUT2D eigenvalue weighted by atomic mass is 16.1. The number of imidazole rings is 1. The minimum absolute atomic E-state index is 0.190. The second-order valence-corrected chi connectivity index (χ2v) is 4.20. The molecule has 3 aromatic rings. The van der Waals surface area contributed by atoms with Crippen molar-refractivity contribution in [2.75, 3.05) is 5.32 Å². The highest BCUT2D eigenvalue weighted by Crippen LogP contribution is 2.10. The van der Waals surface area contributed by atoms with Crippen LogP contribution in [0, 0.1) is 0 Å². The van der Waals surface area contributed by atoms with E-state index in [0.717, 1.165) is 17.8 Å². The average molecular weight is 255 g/mol. The number of nitrogens with zero attached hydrogens (tertiary/aromatic N) is 3. The second kappa shape index (κ2) is 4.56. The van der Waals surface area contributed by atoms with Crippen molar-refractivity contribution in [3.63, 3.8) is 0 Å². The zero-order valence-corrected chi connectivity index (χ0v) is 10.4. The smallest absolute Gasteiger partial charge is 0.258 e. The lowest BCUT2D eigenvalue weighted by Gasteiger charge is -2.02. The molecule has 0 aromatic carbocycles. The van der Waals surface area contributed by atoms with Gasteiger partial charge >= 0.3 is 0 Å². The minimum atomic E-state index is -0.190. The Balaban J connectivity index is 1.82. The van der Waals surface area contributed by atoms with Crippen molar-refractivity contribution in [3.05, 3.63) is 48.0 Å². The van der Waals surface area contributed by atoms with Crippen LogP contribution in [-0.4, -0.2) is 25.5 Å². The Labute approximate surface area is 109 Å². The SMILES string of the molecule is CCc1cc(NC(=O)c2ccc3nccn3c2)n[nH]1. The molecule has 0 spiro atoms. The number of rotatable bonds is 3. The molecule has 0 bridgehead atoms. The zero-order chi connectivity index (χ0) is 13.2. The molecule has 96 valence electrons. The number of carbonyl (C=O) groups excluding carboxylic acids is 1. The molecule has 0 fully saturated rings. The van der Waals surface area contributed by atoms with E-state index in [4.69, 9.17) is 0 Å². The molecule has 1 amide bonds. The predicted molar refractivity (Wildman–Crippen MR) is 71.1 cm³/mol. The number of hydrogen-bond donors (Lipinski definition) is 2. The topological polar surface area (TPSA) is 75.1 Å². The van der Waals surface area contributed by atoms with Crippen LogP contribution >= 0.6 is 0 Å². The number of aromatic nitrogens is 4. The van der Waals surface area contributed by atoms with Crippen LogP contribution in [0.25, 0.3) is 5.65 Å². The van der Waals surface area contributed by atoms with Crippen LogP contribution in [0.3, 0.4) is 0 Å². The number of carbonyl (C=O) groups is 1. The largest absolute Gasteiger partial charge is 0.306 e. The first-order chi connectivity index (χ1) is 9.26. The monoisotopic (exact) mass is 255 g/mol. The molecule has 6 nitrogen and oxygen atoms in total. The van der Waals surface area contributed by atoms with Crippen molar-refractivity contribution >= 4 is 17.4 Å². The lowest BCUT2D eigenvalue weighted by molar-refractivity contribution is 0.102. The normalized spacial score (nSPS) is 10.8. The van der Waals surface area contributed by atoms with Gasteiger partial charge in [0.15, 0.2) is 5.82 Å². The van der Waals surface area contributed by atoms with Crippen LogP contribution in [0.1, 0.15) is 23.0 Å². The summed E-state index contributed by atoms with van der Waals surface area (Å²) in [6.07, 6.45) is 6.09. The summed E-state index contributed by atoms with van der Waals surface area (Å²) in [6.45, 7) is 2.02. The van der Waals surface area contributed by atoms with Crippen molar-refractivity contribution in [1.82, 2.24) is 19.6 Å². The molecule has 0 aliphatic rings. The summed E-state index contributed by atoms with van der Waals surface area (Å²) in [4.78, 5) is 16.2. The van der Waals surface area contributed by atoms with Gasteiger partial charge in [0.2, 0.25) is 0 Å². The summed E-state index contributed by atoms with van der Waals surface area (Å²) >= 11 is 0. The van der Waals surface area contributed by atoms with Crippen LogP contribution < -0.4 is 5.32 Å². The highest BCUT2D eigenvalue weighted by Gasteiger charge is 2.09. The van der Waals surface area contributed by atoms with Gasteiger partial charge in [-0.3, -0.25) is 9.89 Å². The number of H-pyrrole nitrogens is 1. The van der Waals surface area contributed by atoms with Crippen molar-refractivity contribution in [2.24, 2.45) is 0 Å². The van der Waals surface area contributed by atoms with E-state index in [-0.39, 0.29) is 5.91 Å². The van der Waals surface area contributed by atoms with E-state index in [1.165, 1.54) is 0 Å². The maximum absolute atomic E-state index is 12.1. The molecule has 3 heterocycles. The lowest BCUT2D eigenvalue weighted by atomic mass is 10.2. The highest BCUT2D eigenvalue weighted by molar-refractivity contribution is 6.03. The van der Waals surface area contributed by atoms with Crippen LogP contribution in [0.5, 0.6) is 0 Å². The number of fused-ring (bicyclic) bond motifs is 1. The number of hydrogen-bond acceptors (Lipinski definition) is 3. The number of pyridine rings is 1. The number of anilines is 1. The molecular formula is C13H13N5O. The van der Waals surface area contributed by atoms with Gasteiger partial charge in [0.25, 0.3) is 5.91 Å². The minimum Gasteiger partial charge on any atom is -0.306 e. The fourth-order valence-corrected chi connectivity index (χ4v) is 1.85. The second-order valence-electron chi connectivity index (χ2n) is 4.20. The summed E-state index contributed by atoms with van der Waals surface area (Å²) in [7, 11) is 0. The fourth-order valence-electron chi connectivity index (χ4n) is 1.85. The van der Waals surface area contributed by atoms with Gasteiger partial charge in [-0.25, -0.2) is 4.98 Å². The average Bonchev–Trinajstić information content (AvgIpc) is 3.05. The third kappa shape index (κ3) is 2.20. The Morgan fingerprint density at radius 1 is 1.47 bits per heavy atom. The molecule has 0 radical (unpaired) electrons. The van der Waals surface area contributed by atoms with Gasteiger partial charge in [0.05, 0.1) is 5.56 Å². The van der Waals surface area contributed by atoms with Gasteiger partial charge in [-0.1, -0.05) is 6.92 Å². The third-order valence-electron chi connectivity index (χ3n) is 2.90. The van der Waals surface area contributed by atoms with Crippen LogP contribution in [0.4, 0.5) is 5.82 Å². The Kier molecular flexibility index (Phi) is 2.75. The number of aromatic amines is 1. The molecule has 0 saturated carbocycles. The fraction of sp³-hybridized carbons (Fsp3) is 0.154. The van der Waals surface area contributed by atoms with Crippen molar-refractivity contribution in [2.45, 2.75) is 13.3 Å². The van der Waals surface area contributed by atoms with Crippen molar-refractivity contribution < 1.29 is 4.79 Å². The maximum Gasteiger partial charge on any atom is 0.258 e. The summed E-state index contributed by atoms with van der Waals surface area (Å²) in [5.41, 5.74) is 2.36. The first-order valence-corrected chi connectivity index (χ1v) is 6.04. The molecule has 3 rings (SSSR count). The third-order valence-corrected chi connectivity index (χ3v) is 2.90. The predicted octanol–water partition coefficient (Wildman–Crippen LogP) is 1.87. The molecule has 19 heavy (non-hydrogen) atoms. The molecule has 0 unspecified atom stereocenters. The zero-order valence-electron chi connectivity index (χ0n) is 10.4. The Bertz CT molecular complexity index is 727. The molecule has 6 heteroatoms. The summed E-state index contributed by atoms with van der Waals surface area (Å²) in [5, 5.41) is 9.64. The molecule has 2 N–H and O–H groups in total. The summed E-state index contributed by atoms with van der Waals surface area (Å²) in [6, 6.07) is 5.37. The van der Waals surface area contributed by atoms with E-state index >= 15 is 0 Å². The number of amides is 1. The van der Waals surface area contributed by atoms with E-state index in [1.54, 1.807) is 35.1 Å². The quantitative estimate of drug-likeness (QED) is 0.750. The van der Waals surface area contributed by atoms with Gasteiger partial charge in [-0.05, 0) is 18.6 Å². The standard InChI is InChI=1S/C13H13N5O/c1-2-10-7-11(17-16-10)15-13(19)9-3-4-12-14-5-6-18(12)8-9/h3-8H,2H2,1H3,(H2,15,16,17,19). The van der Waals surface area contributed by atoms with E-state index in [2.05, 4.69) is 20.5 Å². The van der Waals surface area contributed by atoms with Gasteiger partial charge in [-0.15, -0.1) is 0 Å². The molecule has 0 aliphatic carbocycles. The van der Waals surface area contributed by atoms with E-state index in [0.29, 0.717) is 11.4 Å². The van der Waals surface area contributed by atoms with E-state index in [9.17, 15) is 4.79 Å². The Morgan fingerprint density at radius 2 is 2.37 bits per heavy atom. The van der Waals surface area contributed by atoms with E-state index < -0.39 is 0 Å². The molecular weight excluding hydrogens is 242 g/mol. The summed E-state index contributed by atoms with van der Waals surface area (Å²) < 4.78 is 1.80. The lowest BCUT2D eigenvalue weighted by Crippen LogP contribution is -2.12. The number of aryl methyl sites for hydroxylation is 1. The maximum atomic E-state index is 12.1.